The van der Waals surface area contributed by atoms with E-state index >= 15 is 0 Å². The molecule has 17 heavy (non-hydrogen) atoms. The molecule has 2 heteroatoms. The lowest BCUT2D eigenvalue weighted by Gasteiger charge is -2.49. The molecule has 2 atom stereocenters. The van der Waals surface area contributed by atoms with Crippen LogP contribution in [0.5, 0.6) is 0 Å². The van der Waals surface area contributed by atoms with E-state index in [2.05, 4.69) is 23.1 Å². The Morgan fingerprint density at radius 3 is 2.59 bits per heavy atom. The minimum absolute atomic E-state index is 0.763. The summed E-state index contributed by atoms with van der Waals surface area (Å²) in [6, 6.07) is 2.41. The zero-order valence-electron chi connectivity index (χ0n) is 11.1. The number of fused-ring (bicyclic) bond motifs is 2. The average molecular weight is 234 g/mol. The first-order chi connectivity index (χ1) is 8.35. The van der Waals surface area contributed by atoms with E-state index in [4.69, 9.17) is 6.42 Å². The van der Waals surface area contributed by atoms with E-state index in [1.54, 1.807) is 0 Å². The Morgan fingerprint density at radius 1 is 1.29 bits per heavy atom. The van der Waals surface area contributed by atoms with Crippen molar-refractivity contribution in [1.29, 1.82) is 0 Å². The summed E-state index contributed by atoms with van der Waals surface area (Å²) in [6.07, 6.45) is 14.4. The van der Waals surface area contributed by atoms with Crippen molar-refractivity contribution in [2.45, 2.75) is 70.0 Å². The Bertz CT molecular complexity index is 255. The second kappa shape index (κ2) is 6.42. The first-order valence-corrected chi connectivity index (χ1v) is 7.27. The summed E-state index contributed by atoms with van der Waals surface area (Å²) in [7, 11) is 0. The van der Waals surface area contributed by atoms with Crippen LogP contribution in [0.2, 0.25) is 0 Å². The summed E-state index contributed by atoms with van der Waals surface area (Å²) < 4.78 is 0. The molecule has 2 aliphatic heterocycles. The Kier molecular flexibility index (Phi) is 4.88. The van der Waals surface area contributed by atoms with Gasteiger partial charge in [0.05, 0.1) is 0 Å². The molecule has 2 saturated heterocycles. The predicted molar refractivity (Wildman–Crippen MR) is 72.9 cm³/mol. The van der Waals surface area contributed by atoms with Crippen molar-refractivity contribution in [1.82, 2.24) is 10.2 Å². The van der Waals surface area contributed by atoms with Crippen LogP contribution in [0, 0.1) is 12.3 Å². The van der Waals surface area contributed by atoms with Gasteiger partial charge < -0.3 is 5.32 Å². The topological polar surface area (TPSA) is 15.3 Å². The van der Waals surface area contributed by atoms with Gasteiger partial charge in [-0.25, -0.2) is 0 Å². The molecule has 1 N–H and O–H groups in total. The SMILES string of the molecule is C#CCCCN1C2CCCC1CC(NCC)C2. The van der Waals surface area contributed by atoms with Crippen molar-refractivity contribution in [3.05, 3.63) is 0 Å². The summed E-state index contributed by atoms with van der Waals surface area (Å²) in [5.41, 5.74) is 0. The molecule has 0 saturated carbocycles. The van der Waals surface area contributed by atoms with Gasteiger partial charge in [0.2, 0.25) is 0 Å². The predicted octanol–water partition coefficient (Wildman–Crippen LogP) is 2.39. The Balaban J connectivity index is 1.88. The van der Waals surface area contributed by atoms with Gasteiger partial charge in [0.1, 0.15) is 0 Å². The summed E-state index contributed by atoms with van der Waals surface area (Å²) >= 11 is 0. The Labute approximate surface area is 106 Å². The Hall–Kier alpha value is -0.520. The van der Waals surface area contributed by atoms with Gasteiger partial charge in [-0.1, -0.05) is 13.3 Å². The lowest BCUT2D eigenvalue weighted by molar-refractivity contribution is 0.0244. The molecule has 2 fully saturated rings. The third-order valence-corrected chi connectivity index (χ3v) is 4.36. The molecular weight excluding hydrogens is 208 g/mol. The van der Waals surface area contributed by atoms with Crippen molar-refractivity contribution in [2.75, 3.05) is 13.1 Å². The van der Waals surface area contributed by atoms with Crippen LogP contribution in [-0.2, 0) is 0 Å². The van der Waals surface area contributed by atoms with Gasteiger partial charge in [0, 0.05) is 24.5 Å². The van der Waals surface area contributed by atoms with E-state index < -0.39 is 0 Å². The highest BCUT2D eigenvalue weighted by Gasteiger charge is 2.37. The van der Waals surface area contributed by atoms with Gasteiger partial charge in [-0.05, 0) is 45.2 Å². The third kappa shape index (κ3) is 3.24. The number of nitrogens with one attached hydrogen (secondary N) is 1. The maximum atomic E-state index is 5.34. The van der Waals surface area contributed by atoms with E-state index in [0.29, 0.717) is 0 Å². The quantitative estimate of drug-likeness (QED) is 0.580. The molecule has 2 unspecified atom stereocenters. The molecule has 2 rings (SSSR count). The van der Waals surface area contributed by atoms with Gasteiger partial charge in [0.25, 0.3) is 0 Å². The molecule has 0 aromatic heterocycles. The fraction of sp³-hybridized carbons (Fsp3) is 0.867. The van der Waals surface area contributed by atoms with E-state index in [9.17, 15) is 0 Å². The maximum Gasteiger partial charge on any atom is 0.0113 e. The van der Waals surface area contributed by atoms with Crippen LogP contribution in [0.1, 0.15) is 51.9 Å². The van der Waals surface area contributed by atoms with Crippen LogP contribution < -0.4 is 5.32 Å². The minimum Gasteiger partial charge on any atom is -0.314 e. The first kappa shape index (κ1) is 12.9. The fourth-order valence-corrected chi connectivity index (χ4v) is 3.66. The lowest BCUT2D eigenvalue weighted by Crippen LogP contribution is -2.56. The zero-order valence-corrected chi connectivity index (χ0v) is 11.1. The van der Waals surface area contributed by atoms with Crippen molar-refractivity contribution >= 4 is 0 Å². The molecule has 0 amide bonds. The number of piperidine rings is 2. The van der Waals surface area contributed by atoms with Gasteiger partial charge in [-0.15, -0.1) is 12.3 Å². The molecular formula is C15H26N2. The van der Waals surface area contributed by atoms with E-state index in [0.717, 1.165) is 31.1 Å². The third-order valence-electron chi connectivity index (χ3n) is 4.36. The second-order valence-corrected chi connectivity index (χ2v) is 5.51. The van der Waals surface area contributed by atoms with Crippen LogP contribution in [0.25, 0.3) is 0 Å². The van der Waals surface area contributed by atoms with Gasteiger partial charge >= 0.3 is 0 Å². The molecule has 96 valence electrons. The van der Waals surface area contributed by atoms with Crippen LogP contribution in [-0.4, -0.2) is 36.1 Å². The van der Waals surface area contributed by atoms with Gasteiger partial charge in [-0.2, -0.15) is 0 Å². The molecule has 2 heterocycles. The summed E-state index contributed by atoms with van der Waals surface area (Å²) in [6.45, 7) is 4.55. The molecule has 0 radical (unpaired) electrons. The van der Waals surface area contributed by atoms with Crippen LogP contribution in [0.4, 0.5) is 0 Å². The summed E-state index contributed by atoms with van der Waals surface area (Å²) in [5, 5.41) is 3.64. The fourth-order valence-electron chi connectivity index (χ4n) is 3.66. The maximum absolute atomic E-state index is 5.34. The minimum atomic E-state index is 0.763. The highest BCUT2D eigenvalue weighted by Crippen LogP contribution is 2.34. The highest BCUT2D eigenvalue weighted by atomic mass is 15.2. The van der Waals surface area contributed by atoms with Crippen LogP contribution in [0.3, 0.4) is 0 Å². The number of hydrogen-bond donors (Lipinski definition) is 1. The van der Waals surface area contributed by atoms with Crippen LogP contribution in [0.15, 0.2) is 0 Å². The van der Waals surface area contributed by atoms with Gasteiger partial charge in [0.15, 0.2) is 0 Å². The first-order valence-electron chi connectivity index (χ1n) is 7.27. The molecule has 2 nitrogen and oxygen atoms in total. The molecule has 0 aromatic carbocycles. The number of rotatable bonds is 5. The lowest BCUT2D eigenvalue weighted by atomic mass is 9.81. The standard InChI is InChI=1S/C15H26N2/c1-3-5-6-10-17-14-8-7-9-15(17)12-13(11-14)16-4-2/h1,13-16H,4-12H2,2H3. The van der Waals surface area contributed by atoms with Crippen molar-refractivity contribution < 1.29 is 0 Å². The number of unbranched alkanes of at least 4 members (excludes halogenated alkanes) is 1. The summed E-state index contributed by atoms with van der Waals surface area (Å²) in [5.74, 6) is 2.76. The second-order valence-electron chi connectivity index (χ2n) is 5.51. The van der Waals surface area contributed by atoms with Gasteiger partial charge in [-0.3, -0.25) is 4.90 Å². The van der Waals surface area contributed by atoms with E-state index in [1.165, 1.54) is 45.1 Å². The number of hydrogen-bond acceptors (Lipinski definition) is 2. The molecule has 0 aromatic rings. The smallest absolute Gasteiger partial charge is 0.0113 e. The average Bonchev–Trinajstić information content (AvgIpc) is 2.30. The van der Waals surface area contributed by atoms with Crippen molar-refractivity contribution in [3.63, 3.8) is 0 Å². The van der Waals surface area contributed by atoms with E-state index in [-0.39, 0.29) is 0 Å². The normalized spacial score (nSPS) is 33.3. The Morgan fingerprint density at radius 2 is 2.00 bits per heavy atom. The largest absolute Gasteiger partial charge is 0.314 e. The molecule has 2 bridgehead atoms. The van der Waals surface area contributed by atoms with Crippen LogP contribution >= 0.6 is 0 Å². The molecule has 2 aliphatic rings. The molecule has 0 spiro atoms. The zero-order chi connectivity index (χ0) is 12.1. The number of nitrogens with zero attached hydrogens (tertiary/aromatic N) is 1. The number of terminal acetylenes is 1. The van der Waals surface area contributed by atoms with Crippen molar-refractivity contribution in [2.24, 2.45) is 0 Å². The summed E-state index contributed by atoms with van der Waals surface area (Å²) in [4.78, 5) is 2.76. The van der Waals surface area contributed by atoms with E-state index in [1.807, 2.05) is 0 Å². The monoisotopic (exact) mass is 234 g/mol. The highest BCUT2D eigenvalue weighted by molar-refractivity contribution is 4.95. The van der Waals surface area contributed by atoms with Crippen molar-refractivity contribution in [3.8, 4) is 12.3 Å². The molecule has 0 aliphatic carbocycles.